The minimum Gasteiger partial charge on any atom is -0.496 e. The Bertz CT molecular complexity index is 289. The SMILES string of the molecule is COc1ccccc1C(CCCN)OC. The molecule has 0 spiro atoms. The molecular weight excluding hydrogens is 190 g/mol. The highest BCUT2D eigenvalue weighted by molar-refractivity contribution is 5.35. The summed E-state index contributed by atoms with van der Waals surface area (Å²) in [6, 6.07) is 7.93. The maximum atomic E-state index is 5.49. The van der Waals surface area contributed by atoms with Crippen molar-refractivity contribution in [2.45, 2.75) is 18.9 Å². The van der Waals surface area contributed by atoms with Crippen LogP contribution < -0.4 is 10.5 Å². The van der Waals surface area contributed by atoms with Crippen LogP contribution >= 0.6 is 0 Å². The summed E-state index contributed by atoms with van der Waals surface area (Å²) in [5.74, 6) is 0.876. The number of rotatable bonds is 6. The van der Waals surface area contributed by atoms with Crippen molar-refractivity contribution in [3.63, 3.8) is 0 Å². The first kappa shape index (κ1) is 12.0. The average Bonchev–Trinajstić information content (AvgIpc) is 2.30. The Hall–Kier alpha value is -1.06. The van der Waals surface area contributed by atoms with Crippen molar-refractivity contribution in [1.82, 2.24) is 0 Å². The second kappa shape index (κ2) is 6.43. The van der Waals surface area contributed by atoms with Gasteiger partial charge in [-0.1, -0.05) is 18.2 Å². The van der Waals surface area contributed by atoms with Crippen LogP contribution in [0.3, 0.4) is 0 Å². The lowest BCUT2D eigenvalue weighted by molar-refractivity contribution is 0.0920. The summed E-state index contributed by atoms with van der Waals surface area (Å²) in [7, 11) is 3.39. The van der Waals surface area contributed by atoms with Gasteiger partial charge >= 0.3 is 0 Å². The molecule has 1 rings (SSSR count). The molecular formula is C12H19NO2. The molecule has 3 nitrogen and oxygen atoms in total. The van der Waals surface area contributed by atoms with Crippen molar-refractivity contribution in [1.29, 1.82) is 0 Å². The maximum Gasteiger partial charge on any atom is 0.124 e. The molecule has 0 amide bonds. The fourth-order valence-corrected chi connectivity index (χ4v) is 1.64. The smallest absolute Gasteiger partial charge is 0.124 e. The maximum absolute atomic E-state index is 5.49. The van der Waals surface area contributed by atoms with Gasteiger partial charge in [-0.15, -0.1) is 0 Å². The molecule has 1 atom stereocenters. The lowest BCUT2D eigenvalue weighted by atomic mass is 10.0. The largest absolute Gasteiger partial charge is 0.496 e. The molecule has 0 bridgehead atoms. The zero-order valence-corrected chi connectivity index (χ0v) is 9.40. The van der Waals surface area contributed by atoms with Gasteiger partial charge in [0, 0.05) is 12.7 Å². The standard InChI is InChI=1S/C12H19NO2/c1-14-11-7-4-3-6-10(11)12(15-2)8-5-9-13/h3-4,6-7,12H,5,8-9,13H2,1-2H3. The minimum atomic E-state index is 0.0738. The molecule has 1 aromatic carbocycles. The molecule has 0 aromatic heterocycles. The zero-order valence-electron chi connectivity index (χ0n) is 9.40. The van der Waals surface area contributed by atoms with Crippen LogP contribution in [0.2, 0.25) is 0 Å². The third kappa shape index (κ3) is 3.22. The summed E-state index contributed by atoms with van der Waals surface area (Å²) >= 11 is 0. The highest BCUT2D eigenvalue weighted by Gasteiger charge is 2.13. The van der Waals surface area contributed by atoms with Crippen LogP contribution in [-0.2, 0) is 4.74 Å². The van der Waals surface area contributed by atoms with Crippen LogP contribution in [0.1, 0.15) is 24.5 Å². The van der Waals surface area contributed by atoms with Gasteiger partial charge in [0.2, 0.25) is 0 Å². The number of benzene rings is 1. The Morgan fingerprint density at radius 3 is 2.60 bits per heavy atom. The van der Waals surface area contributed by atoms with E-state index in [0.717, 1.165) is 24.2 Å². The van der Waals surface area contributed by atoms with Crippen LogP contribution in [0.25, 0.3) is 0 Å². The van der Waals surface area contributed by atoms with Gasteiger partial charge in [-0.25, -0.2) is 0 Å². The van der Waals surface area contributed by atoms with Crippen LogP contribution in [0.15, 0.2) is 24.3 Å². The third-order valence-corrected chi connectivity index (χ3v) is 2.44. The molecule has 0 radical (unpaired) electrons. The molecule has 0 saturated heterocycles. The Morgan fingerprint density at radius 2 is 2.00 bits per heavy atom. The first-order chi connectivity index (χ1) is 7.33. The highest BCUT2D eigenvalue weighted by Crippen LogP contribution is 2.29. The zero-order chi connectivity index (χ0) is 11.1. The van der Waals surface area contributed by atoms with E-state index in [1.54, 1.807) is 14.2 Å². The lowest BCUT2D eigenvalue weighted by Gasteiger charge is -2.17. The third-order valence-electron chi connectivity index (χ3n) is 2.44. The molecule has 0 aliphatic rings. The first-order valence-electron chi connectivity index (χ1n) is 5.19. The molecule has 84 valence electrons. The van der Waals surface area contributed by atoms with Gasteiger partial charge < -0.3 is 15.2 Å². The topological polar surface area (TPSA) is 44.5 Å². The van der Waals surface area contributed by atoms with Crippen LogP contribution in [0, 0.1) is 0 Å². The van der Waals surface area contributed by atoms with Gasteiger partial charge in [0.25, 0.3) is 0 Å². The Morgan fingerprint density at radius 1 is 1.27 bits per heavy atom. The molecule has 0 fully saturated rings. The van der Waals surface area contributed by atoms with E-state index >= 15 is 0 Å². The van der Waals surface area contributed by atoms with Crippen molar-refractivity contribution in [2.24, 2.45) is 5.73 Å². The van der Waals surface area contributed by atoms with E-state index < -0.39 is 0 Å². The molecule has 0 aliphatic heterocycles. The molecule has 0 saturated carbocycles. The van der Waals surface area contributed by atoms with E-state index in [-0.39, 0.29) is 6.10 Å². The Labute approximate surface area is 91.2 Å². The summed E-state index contributed by atoms with van der Waals surface area (Å²) in [5.41, 5.74) is 6.59. The molecule has 1 aromatic rings. The van der Waals surface area contributed by atoms with Crippen molar-refractivity contribution in [3.8, 4) is 5.75 Å². The Balaban J connectivity index is 2.80. The average molecular weight is 209 g/mol. The molecule has 0 heterocycles. The van der Waals surface area contributed by atoms with E-state index in [1.807, 2.05) is 24.3 Å². The fourth-order valence-electron chi connectivity index (χ4n) is 1.64. The summed E-state index contributed by atoms with van der Waals surface area (Å²) in [6.07, 6.45) is 1.95. The van der Waals surface area contributed by atoms with Crippen LogP contribution in [0.4, 0.5) is 0 Å². The van der Waals surface area contributed by atoms with Crippen molar-refractivity contribution in [2.75, 3.05) is 20.8 Å². The number of ether oxygens (including phenoxy) is 2. The lowest BCUT2D eigenvalue weighted by Crippen LogP contribution is -2.07. The predicted molar refractivity (Wildman–Crippen MR) is 61.0 cm³/mol. The summed E-state index contributed by atoms with van der Waals surface area (Å²) < 4.78 is 10.7. The predicted octanol–water partition coefficient (Wildman–Crippen LogP) is 2.12. The van der Waals surface area contributed by atoms with E-state index in [4.69, 9.17) is 15.2 Å². The summed E-state index contributed by atoms with van der Waals surface area (Å²) in [6.45, 7) is 0.689. The molecule has 2 N–H and O–H groups in total. The molecule has 0 aliphatic carbocycles. The number of hydrogen-bond acceptors (Lipinski definition) is 3. The van der Waals surface area contributed by atoms with Gasteiger partial charge in [-0.2, -0.15) is 0 Å². The second-order valence-corrected chi connectivity index (χ2v) is 3.40. The second-order valence-electron chi connectivity index (χ2n) is 3.40. The first-order valence-corrected chi connectivity index (χ1v) is 5.19. The molecule has 3 heteroatoms. The van der Waals surface area contributed by atoms with E-state index in [0.29, 0.717) is 6.54 Å². The summed E-state index contributed by atoms with van der Waals surface area (Å²) in [4.78, 5) is 0. The monoisotopic (exact) mass is 209 g/mol. The van der Waals surface area contributed by atoms with Gasteiger partial charge in [0.1, 0.15) is 5.75 Å². The van der Waals surface area contributed by atoms with Crippen LogP contribution in [0.5, 0.6) is 5.75 Å². The quantitative estimate of drug-likeness (QED) is 0.780. The van der Waals surface area contributed by atoms with Gasteiger partial charge in [0.05, 0.1) is 13.2 Å². The normalized spacial score (nSPS) is 12.5. The van der Waals surface area contributed by atoms with Crippen molar-refractivity contribution in [3.05, 3.63) is 29.8 Å². The molecule has 15 heavy (non-hydrogen) atoms. The van der Waals surface area contributed by atoms with Crippen LogP contribution in [-0.4, -0.2) is 20.8 Å². The van der Waals surface area contributed by atoms with Gasteiger partial charge in [0.15, 0.2) is 0 Å². The number of nitrogens with two attached hydrogens (primary N) is 1. The number of methoxy groups -OCH3 is 2. The van der Waals surface area contributed by atoms with E-state index in [1.165, 1.54) is 0 Å². The minimum absolute atomic E-state index is 0.0738. The van der Waals surface area contributed by atoms with E-state index in [9.17, 15) is 0 Å². The highest BCUT2D eigenvalue weighted by atomic mass is 16.5. The van der Waals surface area contributed by atoms with Gasteiger partial charge in [-0.05, 0) is 25.5 Å². The number of para-hydroxylation sites is 1. The fraction of sp³-hybridized carbons (Fsp3) is 0.500. The van der Waals surface area contributed by atoms with E-state index in [2.05, 4.69) is 0 Å². The number of hydrogen-bond donors (Lipinski definition) is 1. The summed E-state index contributed by atoms with van der Waals surface area (Å²) in [5, 5.41) is 0. The van der Waals surface area contributed by atoms with Gasteiger partial charge in [-0.3, -0.25) is 0 Å². The molecule has 1 unspecified atom stereocenters. The van der Waals surface area contributed by atoms with Crippen molar-refractivity contribution < 1.29 is 9.47 Å². The van der Waals surface area contributed by atoms with Crippen molar-refractivity contribution >= 4 is 0 Å². The Kier molecular flexibility index (Phi) is 5.15.